The molecule has 0 saturated carbocycles. The lowest BCUT2D eigenvalue weighted by atomic mass is 10.1. The van der Waals surface area contributed by atoms with E-state index in [2.05, 4.69) is 22.3 Å². The van der Waals surface area contributed by atoms with Gasteiger partial charge in [0.15, 0.2) is 5.82 Å². The third kappa shape index (κ3) is 4.82. The average Bonchev–Trinajstić information content (AvgIpc) is 3.19. The minimum absolute atomic E-state index is 0.0357. The molecule has 29 heavy (non-hydrogen) atoms. The number of carbonyl (C=O) groups excluding carboxylic acids is 1. The highest BCUT2D eigenvalue weighted by Gasteiger charge is 2.20. The summed E-state index contributed by atoms with van der Waals surface area (Å²) in [7, 11) is 0. The molecule has 1 fully saturated rings. The Morgan fingerprint density at radius 1 is 1.07 bits per heavy atom. The Morgan fingerprint density at radius 2 is 1.72 bits per heavy atom. The van der Waals surface area contributed by atoms with Crippen LogP contribution in [-0.2, 0) is 11.3 Å². The number of carbonyl (C=O) groups is 1. The third-order valence-electron chi connectivity index (χ3n) is 5.12. The number of anilines is 1. The Bertz CT molecular complexity index is 936. The number of aromatic nitrogens is 2. The van der Waals surface area contributed by atoms with Gasteiger partial charge < -0.3 is 10.2 Å². The fourth-order valence-electron chi connectivity index (χ4n) is 3.58. The normalized spacial score (nSPS) is 15.1. The first-order valence-corrected chi connectivity index (χ1v) is 11.2. The summed E-state index contributed by atoms with van der Waals surface area (Å²) in [6.45, 7) is 4.18. The smallest absolute Gasteiger partial charge is 0.242 e. The van der Waals surface area contributed by atoms with Crippen molar-refractivity contribution in [2.75, 3.05) is 29.5 Å². The van der Waals surface area contributed by atoms with E-state index < -0.39 is 0 Å². The molecule has 1 N–H and O–H groups in total. The Kier molecular flexibility index (Phi) is 6.20. The van der Waals surface area contributed by atoms with Crippen LogP contribution in [0.5, 0.6) is 0 Å². The quantitative estimate of drug-likeness (QED) is 0.673. The Balaban J connectivity index is 1.53. The zero-order valence-corrected chi connectivity index (χ0v) is 17.4. The van der Waals surface area contributed by atoms with Gasteiger partial charge in [0.1, 0.15) is 6.54 Å². The van der Waals surface area contributed by atoms with Gasteiger partial charge in [0, 0.05) is 36.4 Å². The molecule has 3 aromatic rings. The van der Waals surface area contributed by atoms with Crippen molar-refractivity contribution in [2.24, 2.45) is 0 Å². The predicted octanol–water partition coefficient (Wildman–Crippen LogP) is 3.98. The second kappa shape index (κ2) is 9.18. The van der Waals surface area contributed by atoms with Crippen LogP contribution in [0.2, 0.25) is 0 Å². The molecule has 4 rings (SSSR count). The van der Waals surface area contributed by atoms with Crippen molar-refractivity contribution < 1.29 is 4.79 Å². The van der Waals surface area contributed by atoms with E-state index in [0.717, 1.165) is 47.1 Å². The van der Waals surface area contributed by atoms with Crippen molar-refractivity contribution in [2.45, 2.75) is 19.5 Å². The Hall–Kier alpha value is -2.73. The van der Waals surface area contributed by atoms with Gasteiger partial charge >= 0.3 is 0 Å². The highest BCUT2D eigenvalue weighted by atomic mass is 32.2. The molecule has 5 nitrogen and oxygen atoms in total. The number of amides is 1. The first-order chi connectivity index (χ1) is 14.2. The van der Waals surface area contributed by atoms with Gasteiger partial charge in [-0.3, -0.25) is 9.48 Å². The summed E-state index contributed by atoms with van der Waals surface area (Å²) in [5, 5.41) is 7.88. The molecular formula is C23H26N4OS. The van der Waals surface area contributed by atoms with Crippen molar-refractivity contribution in [3.05, 3.63) is 72.4 Å². The van der Waals surface area contributed by atoms with Gasteiger partial charge in [0.05, 0.1) is 6.04 Å². The maximum Gasteiger partial charge on any atom is 0.242 e. The van der Waals surface area contributed by atoms with Crippen LogP contribution in [0.15, 0.2) is 66.9 Å². The van der Waals surface area contributed by atoms with E-state index in [1.165, 1.54) is 0 Å². The topological polar surface area (TPSA) is 50.2 Å². The summed E-state index contributed by atoms with van der Waals surface area (Å²) >= 11 is 1.98. The highest BCUT2D eigenvalue weighted by Crippen LogP contribution is 2.31. The van der Waals surface area contributed by atoms with Crippen LogP contribution in [0, 0.1) is 0 Å². The van der Waals surface area contributed by atoms with Crippen LogP contribution >= 0.6 is 11.8 Å². The zero-order chi connectivity index (χ0) is 20.1. The van der Waals surface area contributed by atoms with E-state index in [9.17, 15) is 4.79 Å². The van der Waals surface area contributed by atoms with Gasteiger partial charge in [0.2, 0.25) is 5.91 Å². The standard InChI is InChI=1S/C23H26N4OS/c1-18(19-8-4-2-5-9-19)24-22(28)17-27-16-21(20-10-6-3-7-11-20)23(25-27)26-12-14-29-15-13-26/h2-11,16,18H,12-15,17H2,1H3,(H,24,28)/t18-/m0/s1. The Labute approximate surface area is 176 Å². The van der Waals surface area contributed by atoms with E-state index in [1.54, 1.807) is 4.68 Å². The van der Waals surface area contributed by atoms with Crippen molar-refractivity contribution in [3.8, 4) is 11.1 Å². The molecule has 0 unspecified atom stereocenters. The van der Waals surface area contributed by atoms with Crippen molar-refractivity contribution in [1.29, 1.82) is 0 Å². The molecule has 0 spiro atoms. The van der Waals surface area contributed by atoms with Gasteiger partial charge in [-0.2, -0.15) is 16.9 Å². The summed E-state index contributed by atoms with van der Waals surface area (Å²) < 4.78 is 1.77. The van der Waals surface area contributed by atoms with E-state index in [1.807, 2.05) is 73.4 Å². The summed E-state index contributed by atoms with van der Waals surface area (Å²) in [4.78, 5) is 15.0. The molecule has 0 radical (unpaired) electrons. The SMILES string of the molecule is C[C@H](NC(=O)Cn1cc(-c2ccccc2)c(N2CCSCC2)n1)c1ccccc1. The lowest BCUT2D eigenvalue weighted by molar-refractivity contribution is -0.122. The van der Waals surface area contributed by atoms with Crippen LogP contribution in [0.4, 0.5) is 5.82 Å². The number of nitrogens with zero attached hydrogens (tertiary/aromatic N) is 3. The zero-order valence-electron chi connectivity index (χ0n) is 16.6. The average molecular weight is 407 g/mol. The van der Waals surface area contributed by atoms with Crippen molar-refractivity contribution >= 4 is 23.5 Å². The number of rotatable bonds is 6. The molecule has 1 amide bonds. The fraction of sp³-hybridized carbons (Fsp3) is 0.304. The molecule has 1 aliphatic rings. The van der Waals surface area contributed by atoms with Crippen LogP contribution in [0.25, 0.3) is 11.1 Å². The number of thioether (sulfide) groups is 1. The van der Waals surface area contributed by atoms with Gasteiger partial charge in [0.25, 0.3) is 0 Å². The summed E-state index contributed by atoms with van der Waals surface area (Å²) in [5.74, 6) is 3.15. The van der Waals surface area contributed by atoms with E-state index >= 15 is 0 Å². The highest BCUT2D eigenvalue weighted by molar-refractivity contribution is 7.99. The van der Waals surface area contributed by atoms with Crippen LogP contribution in [-0.4, -0.2) is 40.3 Å². The Morgan fingerprint density at radius 3 is 2.41 bits per heavy atom. The lowest BCUT2D eigenvalue weighted by Gasteiger charge is -2.27. The summed E-state index contributed by atoms with van der Waals surface area (Å²) in [6, 6.07) is 20.3. The third-order valence-corrected chi connectivity index (χ3v) is 6.06. The van der Waals surface area contributed by atoms with E-state index in [4.69, 9.17) is 5.10 Å². The number of benzene rings is 2. The van der Waals surface area contributed by atoms with Crippen LogP contribution in [0.1, 0.15) is 18.5 Å². The molecular weight excluding hydrogens is 380 g/mol. The number of hydrogen-bond acceptors (Lipinski definition) is 4. The van der Waals surface area contributed by atoms with Crippen molar-refractivity contribution in [3.63, 3.8) is 0 Å². The molecule has 0 bridgehead atoms. The molecule has 0 aliphatic carbocycles. The fourth-order valence-corrected chi connectivity index (χ4v) is 4.48. The largest absolute Gasteiger partial charge is 0.353 e. The minimum atomic E-state index is -0.0378. The second-order valence-corrected chi connectivity index (χ2v) is 8.45. The second-order valence-electron chi connectivity index (χ2n) is 7.23. The van der Waals surface area contributed by atoms with Gasteiger partial charge in [-0.1, -0.05) is 60.7 Å². The molecule has 1 saturated heterocycles. The minimum Gasteiger partial charge on any atom is -0.353 e. The summed E-state index contributed by atoms with van der Waals surface area (Å²) in [5.41, 5.74) is 3.31. The predicted molar refractivity (Wildman–Crippen MR) is 120 cm³/mol. The van der Waals surface area contributed by atoms with Gasteiger partial charge in [-0.25, -0.2) is 0 Å². The van der Waals surface area contributed by atoms with E-state index in [-0.39, 0.29) is 18.5 Å². The molecule has 1 aromatic heterocycles. The van der Waals surface area contributed by atoms with Crippen LogP contribution in [0.3, 0.4) is 0 Å². The number of hydrogen-bond donors (Lipinski definition) is 1. The molecule has 2 heterocycles. The monoisotopic (exact) mass is 406 g/mol. The molecule has 1 aliphatic heterocycles. The van der Waals surface area contributed by atoms with Crippen molar-refractivity contribution in [1.82, 2.24) is 15.1 Å². The molecule has 150 valence electrons. The lowest BCUT2D eigenvalue weighted by Crippen LogP contribution is -2.33. The van der Waals surface area contributed by atoms with Gasteiger partial charge in [-0.05, 0) is 18.1 Å². The van der Waals surface area contributed by atoms with Crippen LogP contribution < -0.4 is 10.2 Å². The first-order valence-electron chi connectivity index (χ1n) is 10.0. The molecule has 1 atom stereocenters. The van der Waals surface area contributed by atoms with Gasteiger partial charge in [-0.15, -0.1) is 0 Å². The maximum atomic E-state index is 12.6. The number of nitrogens with one attached hydrogen (secondary N) is 1. The maximum absolute atomic E-state index is 12.6. The molecule has 2 aromatic carbocycles. The molecule has 6 heteroatoms. The first kappa shape index (κ1) is 19.6. The van der Waals surface area contributed by atoms with E-state index in [0.29, 0.717) is 0 Å². The summed E-state index contributed by atoms with van der Waals surface area (Å²) in [6.07, 6.45) is 2.00.